The smallest absolute Gasteiger partial charge is 0.316 e. The van der Waals surface area contributed by atoms with E-state index in [1.54, 1.807) is 12.1 Å². The molecule has 1 aliphatic heterocycles. The van der Waals surface area contributed by atoms with E-state index in [9.17, 15) is 14.0 Å². The largest absolute Gasteiger partial charge is 0.351 e. The first kappa shape index (κ1) is 19.3. The summed E-state index contributed by atoms with van der Waals surface area (Å²) in [5.74, 6) is -0.481. The third-order valence-electron chi connectivity index (χ3n) is 4.43. The Morgan fingerprint density at radius 2 is 2.15 bits per heavy atom. The predicted octanol–water partition coefficient (Wildman–Crippen LogP) is 2.64. The monoisotopic (exact) mass is 390 g/mol. The highest BCUT2D eigenvalue weighted by molar-refractivity contribution is 7.14. The number of halogens is 1. The maximum Gasteiger partial charge on any atom is 0.316 e. The van der Waals surface area contributed by atoms with Crippen LogP contribution < -0.4 is 21.7 Å². The van der Waals surface area contributed by atoms with Crippen LogP contribution in [-0.4, -0.2) is 31.1 Å². The molecular formula is C19H23FN4O2S. The molecule has 2 heterocycles. The van der Waals surface area contributed by atoms with Crippen LogP contribution >= 0.6 is 11.3 Å². The lowest BCUT2D eigenvalue weighted by molar-refractivity contribution is 0.0935. The van der Waals surface area contributed by atoms with E-state index in [2.05, 4.69) is 16.0 Å². The zero-order valence-electron chi connectivity index (χ0n) is 14.9. The lowest BCUT2D eigenvalue weighted by Gasteiger charge is -2.23. The zero-order valence-corrected chi connectivity index (χ0v) is 15.7. The van der Waals surface area contributed by atoms with Gasteiger partial charge in [-0.25, -0.2) is 9.18 Å². The lowest BCUT2D eigenvalue weighted by atomic mass is 10.1. The van der Waals surface area contributed by atoms with Crippen LogP contribution in [0.4, 0.5) is 14.9 Å². The van der Waals surface area contributed by atoms with Crippen molar-refractivity contribution in [1.29, 1.82) is 0 Å². The predicted molar refractivity (Wildman–Crippen MR) is 105 cm³/mol. The van der Waals surface area contributed by atoms with Crippen molar-refractivity contribution in [3.05, 3.63) is 51.5 Å². The van der Waals surface area contributed by atoms with Crippen LogP contribution in [0.2, 0.25) is 0 Å². The third-order valence-corrected chi connectivity index (χ3v) is 5.62. The standard InChI is InChI=1S/C19H23FN4O2S/c20-13-4-1-3-12(9-13)6-7-15-10-16(24-19(21)26)17(27-15)18(25)23-14-5-2-8-22-11-14/h1,3-4,9-10,14,22H,2,5-8,11H2,(H,23,25)(H3,21,24,26)/t14-/m0/s1. The molecule has 0 unspecified atom stereocenters. The SMILES string of the molecule is NC(=O)Nc1cc(CCc2cccc(F)c2)sc1C(=O)N[C@H]1CCCNC1. The van der Waals surface area contributed by atoms with E-state index in [0.717, 1.165) is 36.4 Å². The Morgan fingerprint density at radius 1 is 1.30 bits per heavy atom. The van der Waals surface area contributed by atoms with E-state index in [1.807, 2.05) is 6.07 Å². The van der Waals surface area contributed by atoms with Crippen molar-refractivity contribution in [1.82, 2.24) is 10.6 Å². The Hall–Kier alpha value is -2.45. The summed E-state index contributed by atoms with van der Waals surface area (Å²) in [5.41, 5.74) is 6.54. The topological polar surface area (TPSA) is 96.2 Å². The minimum absolute atomic E-state index is 0.0746. The van der Waals surface area contributed by atoms with Crippen molar-refractivity contribution in [2.75, 3.05) is 18.4 Å². The van der Waals surface area contributed by atoms with Gasteiger partial charge < -0.3 is 21.7 Å². The van der Waals surface area contributed by atoms with Gasteiger partial charge in [0.15, 0.2) is 0 Å². The normalized spacial score (nSPS) is 16.7. The van der Waals surface area contributed by atoms with Crippen molar-refractivity contribution in [3.8, 4) is 0 Å². The van der Waals surface area contributed by atoms with Gasteiger partial charge in [-0.15, -0.1) is 11.3 Å². The number of aryl methyl sites for hydroxylation is 2. The van der Waals surface area contributed by atoms with E-state index in [1.165, 1.54) is 23.5 Å². The van der Waals surface area contributed by atoms with Gasteiger partial charge in [-0.1, -0.05) is 12.1 Å². The minimum atomic E-state index is -0.710. The molecule has 6 nitrogen and oxygen atoms in total. The molecule has 8 heteroatoms. The van der Waals surface area contributed by atoms with Gasteiger partial charge >= 0.3 is 6.03 Å². The maximum atomic E-state index is 13.3. The Bertz CT molecular complexity index is 818. The van der Waals surface area contributed by atoms with Crippen LogP contribution in [0, 0.1) is 5.82 Å². The van der Waals surface area contributed by atoms with E-state index in [4.69, 9.17) is 5.73 Å². The fourth-order valence-corrected chi connectivity index (χ4v) is 4.16. The van der Waals surface area contributed by atoms with Crippen molar-refractivity contribution in [2.45, 2.75) is 31.7 Å². The van der Waals surface area contributed by atoms with Gasteiger partial charge in [-0.2, -0.15) is 0 Å². The van der Waals surface area contributed by atoms with E-state index < -0.39 is 6.03 Å². The second-order valence-corrected chi connectivity index (χ2v) is 7.73. The second-order valence-electron chi connectivity index (χ2n) is 6.59. The number of nitrogens with two attached hydrogens (primary N) is 1. The number of carbonyl (C=O) groups is 2. The Morgan fingerprint density at radius 3 is 2.85 bits per heavy atom. The molecule has 27 heavy (non-hydrogen) atoms. The number of carbonyl (C=O) groups excluding carboxylic acids is 2. The number of hydrogen-bond acceptors (Lipinski definition) is 4. The third kappa shape index (κ3) is 5.51. The van der Waals surface area contributed by atoms with Crippen LogP contribution in [0.5, 0.6) is 0 Å². The number of benzene rings is 1. The molecule has 0 aliphatic carbocycles. The fraction of sp³-hybridized carbons (Fsp3) is 0.368. The molecule has 0 saturated carbocycles. The molecule has 3 rings (SSSR count). The van der Waals surface area contributed by atoms with Crippen LogP contribution in [0.25, 0.3) is 0 Å². The highest BCUT2D eigenvalue weighted by Crippen LogP contribution is 2.29. The molecule has 144 valence electrons. The van der Waals surface area contributed by atoms with Crippen LogP contribution in [0.3, 0.4) is 0 Å². The quantitative estimate of drug-likeness (QED) is 0.611. The molecular weight excluding hydrogens is 367 g/mol. The van der Waals surface area contributed by atoms with E-state index in [-0.39, 0.29) is 17.8 Å². The highest BCUT2D eigenvalue weighted by Gasteiger charge is 2.21. The summed E-state index contributed by atoms with van der Waals surface area (Å²) >= 11 is 1.33. The maximum absolute atomic E-state index is 13.3. The molecule has 1 fully saturated rings. The minimum Gasteiger partial charge on any atom is -0.351 e. The second kappa shape index (κ2) is 8.96. The van der Waals surface area contributed by atoms with Gasteiger partial charge in [0.05, 0.1) is 5.69 Å². The fourth-order valence-electron chi connectivity index (χ4n) is 3.15. The van der Waals surface area contributed by atoms with Crippen molar-refractivity contribution in [3.63, 3.8) is 0 Å². The number of rotatable bonds is 6. The summed E-state index contributed by atoms with van der Waals surface area (Å²) in [6.45, 7) is 1.70. The van der Waals surface area contributed by atoms with Crippen LogP contribution in [-0.2, 0) is 12.8 Å². The first-order chi connectivity index (χ1) is 13.0. The summed E-state index contributed by atoms with van der Waals surface area (Å²) in [6.07, 6.45) is 3.22. The number of primary amides is 1. The Kier molecular flexibility index (Phi) is 6.41. The van der Waals surface area contributed by atoms with Gasteiger partial charge in [0.2, 0.25) is 0 Å². The van der Waals surface area contributed by atoms with Crippen molar-refractivity contribution < 1.29 is 14.0 Å². The molecule has 1 atom stereocenters. The van der Waals surface area contributed by atoms with E-state index >= 15 is 0 Å². The first-order valence-electron chi connectivity index (χ1n) is 8.96. The van der Waals surface area contributed by atoms with Crippen molar-refractivity contribution in [2.24, 2.45) is 5.73 Å². The molecule has 1 aromatic heterocycles. The molecule has 1 aliphatic rings. The highest BCUT2D eigenvalue weighted by atomic mass is 32.1. The van der Waals surface area contributed by atoms with Gasteiger partial charge in [-0.3, -0.25) is 4.79 Å². The lowest BCUT2D eigenvalue weighted by Crippen LogP contribution is -2.45. The molecule has 0 spiro atoms. The molecule has 3 amide bonds. The summed E-state index contributed by atoms with van der Waals surface area (Å²) in [5, 5.41) is 8.80. The summed E-state index contributed by atoms with van der Waals surface area (Å²) in [4.78, 5) is 25.3. The number of anilines is 1. The van der Waals surface area contributed by atoms with Gasteiger partial charge in [0, 0.05) is 17.5 Å². The summed E-state index contributed by atoms with van der Waals surface area (Å²) in [7, 11) is 0. The molecule has 0 radical (unpaired) electrons. The van der Waals surface area contributed by atoms with Gasteiger partial charge in [0.1, 0.15) is 10.7 Å². The number of hydrogen-bond donors (Lipinski definition) is 4. The number of thiophene rings is 1. The average molecular weight is 390 g/mol. The van der Waals surface area contributed by atoms with Crippen LogP contribution in [0.15, 0.2) is 30.3 Å². The molecule has 1 aromatic carbocycles. The average Bonchev–Trinajstić information content (AvgIpc) is 3.03. The number of piperidine rings is 1. The molecule has 1 saturated heterocycles. The molecule has 5 N–H and O–H groups in total. The first-order valence-corrected chi connectivity index (χ1v) is 9.78. The Balaban J connectivity index is 1.71. The number of nitrogens with one attached hydrogen (secondary N) is 3. The molecule has 0 bridgehead atoms. The molecule has 2 aromatic rings. The summed E-state index contributed by atoms with van der Waals surface area (Å²) < 4.78 is 13.3. The van der Waals surface area contributed by atoms with Gasteiger partial charge in [0.25, 0.3) is 5.91 Å². The number of urea groups is 1. The van der Waals surface area contributed by atoms with Crippen molar-refractivity contribution >= 4 is 29.0 Å². The van der Waals surface area contributed by atoms with E-state index in [0.29, 0.717) is 23.4 Å². The zero-order chi connectivity index (χ0) is 19.2. The number of amides is 3. The van der Waals surface area contributed by atoms with Crippen LogP contribution in [0.1, 0.15) is 33.0 Å². The Labute approximate surface area is 161 Å². The van der Waals surface area contributed by atoms with Gasteiger partial charge in [-0.05, 0) is 56.0 Å². The summed E-state index contributed by atoms with van der Waals surface area (Å²) in [6, 6.07) is 7.58.